The van der Waals surface area contributed by atoms with E-state index in [1.165, 1.54) is 57.4 Å². The van der Waals surface area contributed by atoms with E-state index in [4.69, 9.17) is 4.74 Å². The Labute approximate surface area is 203 Å². The number of carbonyl (C=O) groups is 2. The Morgan fingerprint density at radius 1 is 0.824 bits per heavy atom. The molecule has 2 aromatic rings. The number of benzene rings is 2. The van der Waals surface area contributed by atoms with Crippen LogP contribution in [0.3, 0.4) is 0 Å². The summed E-state index contributed by atoms with van der Waals surface area (Å²) in [6.07, 6.45) is 12.4. The lowest BCUT2D eigenvalue weighted by Gasteiger charge is -2.29. The van der Waals surface area contributed by atoms with E-state index in [1.54, 1.807) is 31.2 Å². The van der Waals surface area contributed by atoms with E-state index in [0.29, 0.717) is 11.1 Å². The molecule has 0 amide bonds. The molecule has 34 heavy (non-hydrogen) atoms. The highest BCUT2D eigenvalue weighted by Crippen LogP contribution is 2.45. The highest BCUT2D eigenvalue weighted by molar-refractivity contribution is 6.13. The molecule has 1 aliphatic carbocycles. The predicted molar refractivity (Wildman–Crippen MR) is 133 cm³/mol. The second-order valence-electron chi connectivity index (χ2n) is 9.47. The van der Waals surface area contributed by atoms with Gasteiger partial charge in [0.15, 0.2) is 11.9 Å². The largest absolute Gasteiger partial charge is 0.507 e. The number of phenols is 2. The first-order chi connectivity index (χ1) is 16.4. The fourth-order valence-corrected chi connectivity index (χ4v) is 4.80. The standard InChI is InChI=1S/C29H38O5/c1-3-4-5-6-7-8-9-10-11-12-13-17-25(32)34-29-26-21(15-14-16-23(26)30)28(33)22-18-20(2)19-24(31)27(22)29/h14-16,18-19,29-31H,3-13,17H2,1-2H3. The van der Waals surface area contributed by atoms with E-state index in [0.717, 1.165) is 24.8 Å². The summed E-state index contributed by atoms with van der Waals surface area (Å²) in [5.41, 5.74) is 1.83. The van der Waals surface area contributed by atoms with Gasteiger partial charge in [-0.25, -0.2) is 0 Å². The fraction of sp³-hybridized carbons (Fsp3) is 0.517. The zero-order valence-electron chi connectivity index (χ0n) is 20.6. The maximum atomic E-state index is 13.0. The van der Waals surface area contributed by atoms with Crippen molar-refractivity contribution in [1.29, 1.82) is 0 Å². The van der Waals surface area contributed by atoms with Gasteiger partial charge in [0.25, 0.3) is 0 Å². The van der Waals surface area contributed by atoms with E-state index in [9.17, 15) is 19.8 Å². The molecule has 0 fully saturated rings. The van der Waals surface area contributed by atoms with Gasteiger partial charge < -0.3 is 14.9 Å². The van der Waals surface area contributed by atoms with Gasteiger partial charge in [-0.1, -0.05) is 83.3 Å². The number of unbranched alkanes of at least 4 members (excludes halogenated alkanes) is 10. The molecule has 1 unspecified atom stereocenters. The van der Waals surface area contributed by atoms with Crippen LogP contribution in [0.5, 0.6) is 11.5 Å². The van der Waals surface area contributed by atoms with Crippen molar-refractivity contribution in [1.82, 2.24) is 0 Å². The van der Waals surface area contributed by atoms with Crippen LogP contribution in [-0.4, -0.2) is 22.0 Å². The van der Waals surface area contributed by atoms with Crippen molar-refractivity contribution in [2.75, 3.05) is 0 Å². The van der Waals surface area contributed by atoms with Crippen molar-refractivity contribution < 1.29 is 24.5 Å². The normalized spacial score (nSPS) is 14.5. The maximum Gasteiger partial charge on any atom is 0.306 e. The molecule has 1 aliphatic rings. The number of aryl methyl sites for hydroxylation is 1. The van der Waals surface area contributed by atoms with Gasteiger partial charge in [-0.2, -0.15) is 0 Å². The third kappa shape index (κ3) is 6.40. The molecule has 0 bridgehead atoms. The number of ketones is 1. The number of phenolic OH excluding ortho intramolecular Hbond substituents is 2. The lowest BCUT2D eigenvalue weighted by Crippen LogP contribution is -2.24. The molecule has 0 aromatic heterocycles. The lowest BCUT2D eigenvalue weighted by atomic mass is 9.81. The summed E-state index contributed by atoms with van der Waals surface area (Å²) in [6, 6.07) is 7.91. The minimum Gasteiger partial charge on any atom is -0.507 e. The maximum absolute atomic E-state index is 13.0. The monoisotopic (exact) mass is 466 g/mol. The van der Waals surface area contributed by atoms with Crippen LogP contribution in [0.25, 0.3) is 0 Å². The lowest BCUT2D eigenvalue weighted by molar-refractivity contribution is -0.147. The molecule has 0 saturated heterocycles. The van der Waals surface area contributed by atoms with Gasteiger partial charge in [0, 0.05) is 17.5 Å². The summed E-state index contributed by atoms with van der Waals surface area (Å²) >= 11 is 0. The Morgan fingerprint density at radius 2 is 1.41 bits per heavy atom. The van der Waals surface area contributed by atoms with Crippen LogP contribution in [0.2, 0.25) is 0 Å². The van der Waals surface area contributed by atoms with Gasteiger partial charge in [-0.15, -0.1) is 0 Å². The molecule has 184 valence electrons. The number of hydrogen-bond acceptors (Lipinski definition) is 5. The van der Waals surface area contributed by atoms with E-state index in [2.05, 4.69) is 6.92 Å². The van der Waals surface area contributed by atoms with Gasteiger partial charge in [-0.3, -0.25) is 9.59 Å². The summed E-state index contributed by atoms with van der Waals surface area (Å²) in [6.45, 7) is 4.02. The van der Waals surface area contributed by atoms with Crippen molar-refractivity contribution in [2.24, 2.45) is 0 Å². The molecule has 0 saturated carbocycles. The predicted octanol–water partition coefficient (Wildman–Crippen LogP) is 7.28. The number of fused-ring (bicyclic) bond motifs is 2. The Kier molecular flexibility index (Phi) is 9.55. The average Bonchev–Trinajstić information content (AvgIpc) is 2.80. The number of carbonyl (C=O) groups excluding carboxylic acids is 2. The number of esters is 1. The van der Waals surface area contributed by atoms with Crippen LogP contribution in [0.1, 0.15) is 123 Å². The van der Waals surface area contributed by atoms with Crippen LogP contribution < -0.4 is 0 Å². The average molecular weight is 467 g/mol. The Bertz CT molecular complexity index is 994. The molecule has 2 N–H and O–H groups in total. The van der Waals surface area contributed by atoms with Gasteiger partial charge in [0.1, 0.15) is 11.5 Å². The van der Waals surface area contributed by atoms with Crippen molar-refractivity contribution >= 4 is 11.8 Å². The van der Waals surface area contributed by atoms with E-state index >= 15 is 0 Å². The first kappa shape index (κ1) is 25.8. The van der Waals surface area contributed by atoms with Crippen LogP contribution in [0, 0.1) is 6.92 Å². The van der Waals surface area contributed by atoms with Crippen molar-refractivity contribution in [2.45, 2.75) is 97.0 Å². The second-order valence-corrected chi connectivity index (χ2v) is 9.47. The first-order valence-electron chi connectivity index (χ1n) is 12.8. The highest BCUT2D eigenvalue weighted by Gasteiger charge is 2.37. The van der Waals surface area contributed by atoms with Crippen molar-refractivity contribution in [3.63, 3.8) is 0 Å². The van der Waals surface area contributed by atoms with E-state index < -0.39 is 12.1 Å². The fourth-order valence-electron chi connectivity index (χ4n) is 4.80. The van der Waals surface area contributed by atoms with Crippen LogP contribution in [-0.2, 0) is 9.53 Å². The molecule has 0 spiro atoms. The topological polar surface area (TPSA) is 83.8 Å². The number of aromatic hydroxyl groups is 2. The van der Waals surface area contributed by atoms with Gasteiger partial charge in [0.05, 0.1) is 11.1 Å². The molecular weight excluding hydrogens is 428 g/mol. The SMILES string of the molecule is CCCCCCCCCCCCCC(=O)OC1c2c(O)cccc2C(=O)c2cc(C)cc(O)c21. The van der Waals surface area contributed by atoms with Gasteiger partial charge in [-0.05, 0) is 37.1 Å². The van der Waals surface area contributed by atoms with Crippen LogP contribution >= 0.6 is 0 Å². The smallest absolute Gasteiger partial charge is 0.306 e. The van der Waals surface area contributed by atoms with E-state index in [1.807, 2.05) is 0 Å². The zero-order chi connectivity index (χ0) is 24.5. The highest BCUT2D eigenvalue weighted by atomic mass is 16.5. The summed E-state index contributed by atoms with van der Waals surface area (Å²) in [4.78, 5) is 25.7. The number of hydrogen-bond donors (Lipinski definition) is 2. The van der Waals surface area contributed by atoms with Crippen LogP contribution in [0.15, 0.2) is 30.3 Å². The Hall–Kier alpha value is -2.82. The molecule has 0 heterocycles. The Balaban J connectivity index is 1.54. The molecule has 2 aromatic carbocycles. The van der Waals surface area contributed by atoms with Crippen molar-refractivity contribution in [3.05, 3.63) is 58.1 Å². The van der Waals surface area contributed by atoms with Crippen LogP contribution in [0.4, 0.5) is 0 Å². The van der Waals surface area contributed by atoms with Crippen molar-refractivity contribution in [3.8, 4) is 11.5 Å². The Morgan fingerprint density at radius 3 is 2.06 bits per heavy atom. The quantitative estimate of drug-likeness (QED) is 0.239. The number of rotatable bonds is 13. The third-order valence-electron chi connectivity index (χ3n) is 6.63. The number of ether oxygens (including phenoxy) is 1. The molecular formula is C29H38O5. The molecule has 1 atom stereocenters. The summed E-state index contributed by atoms with van der Waals surface area (Å²) < 4.78 is 5.77. The molecule has 0 aliphatic heterocycles. The third-order valence-corrected chi connectivity index (χ3v) is 6.63. The zero-order valence-corrected chi connectivity index (χ0v) is 20.6. The summed E-state index contributed by atoms with van der Waals surface area (Å²) in [5, 5.41) is 21.1. The molecule has 5 heteroatoms. The summed E-state index contributed by atoms with van der Waals surface area (Å²) in [5.74, 6) is -0.915. The second kappa shape index (κ2) is 12.6. The minimum absolute atomic E-state index is 0.107. The summed E-state index contributed by atoms with van der Waals surface area (Å²) in [7, 11) is 0. The van der Waals surface area contributed by atoms with Gasteiger partial charge in [0.2, 0.25) is 0 Å². The van der Waals surface area contributed by atoms with Gasteiger partial charge >= 0.3 is 5.97 Å². The minimum atomic E-state index is -1.01. The molecule has 3 rings (SSSR count). The first-order valence-corrected chi connectivity index (χ1v) is 12.8. The molecule has 0 radical (unpaired) electrons. The van der Waals surface area contributed by atoms with E-state index in [-0.39, 0.29) is 34.8 Å². The molecule has 5 nitrogen and oxygen atoms in total.